The Hall–Kier alpha value is -4.85. The molecule has 0 bridgehead atoms. The van der Waals surface area contributed by atoms with Crippen LogP contribution in [-0.4, -0.2) is 96.3 Å². The van der Waals surface area contributed by atoms with Gasteiger partial charge in [0.15, 0.2) is 11.5 Å². The highest BCUT2D eigenvalue weighted by Gasteiger charge is 2.30. The summed E-state index contributed by atoms with van der Waals surface area (Å²) < 4.78 is 23.5. The quantitative estimate of drug-likeness (QED) is 0.218. The number of nitrogens with zero attached hydrogens (tertiary/aromatic N) is 2. The molecule has 274 valence electrons. The van der Waals surface area contributed by atoms with Crippen molar-refractivity contribution in [3.05, 3.63) is 77.4 Å². The van der Waals surface area contributed by atoms with Crippen LogP contribution in [0.5, 0.6) is 17.2 Å². The molecule has 13 nitrogen and oxygen atoms in total. The number of carboxylic acid groups (broad SMARTS) is 1. The maximum absolute atomic E-state index is 14.4. The van der Waals surface area contributed by atoms with Crippen LogP contribution < -0.4 is 24.8 Å². The van der Waals surface area contributed by atoms with Gasteiger partial charge in [-0.3, -0.25) is 9.69 Å². The van der Waals surface area contributed by atoms with Gasteiger partial charge < -0.3 is 44.7 Å². The third-order valence-electron chi connectivity index (χ3n) is 9.08. The molecule has 0 aliphatic carbocycles. The zero-order chi connectivity index (χ0) is 36.5. The Labute approximate surface area is 298 Å². The number of hydrogen-bond donors (Lipinski definition) is 4. The molecule has 3 aromatic carbocycles. The molecule has 0 spiro atoms. The van der Waals surface area contributed by atoms with E-state index in [1.54, 1.807) is 60.4 Å². The molecule has 0 aromatic heterocycles. The molecule has 4 atom stereocenters. The molecule has 3 amide bonds. The topological polar surface area (TPSA) is 159 Å². The average Bonchev–Trinajstić information content (AvgIpc) is 3.57. The fourth-order valence-corrected chi connectivity index (χ4v) is 6.17. The Bertz CT molecular complexity index is 1670. The summed E-state index contributed by atoms with van der Waals surface area (Å²) in [6.07, 6.45) is 2.02. The third kappa shape index (κ3) is 10.1. The molecule has 0 unspecified atom stereocenters. The molecule has 4 N–H and O–H groups in total. The van der Waals surface area contributed by atoms with Gasteiger partial charge in [-0.1, -0.05) is 19.1 Å². The zero-order valence-electron chi connectivity index (χ0n) is 29.6. The number of rotatable bonds is 9. The number of fused-ring (bicyclic) bond motifs is 2. The lowest BCUT2D eigenvalue weighted by atomic mass is 10.0. The molecule has 5 rings (SSSR count). The fourth-order valence-electron chi connectivity index (χ4n) is 6.17. The van der Waals surface area contributed by atoms with E-state index in [1.807, 2.05) is 33.0 Å². The van der Waals surface area contributed by atoms with Crippen molar-refractivity contribution in [3.63, 3.8) is 0 Å². The van der Waals surface area contributed by atoms with E-state index in [0.29, 0.717) is 54.9 Å². The molecular formula is C38H48N4O9. The number of anilines is 2. The van der Waals surface area contributed by atoms with Crippen molar-refractivity contribution in [2.24, 2.45) is 5.92 Å². The summed E-state index contributed by atoms with van der Waals surface area (Å²) in [5.74, 6) is 0.108. The molecule has 0 fully saturated rings. The lowest BCUT2D eigenvalue weighted by molar-refractivity contribution is -0.0177. The van der Waals surface area contributed by atoms with Crippen molar-refractivity contribution in [2.45, 2.75) is 64.8 Å². The van der Waals surface area contributed by atoms with E-state index in [1.165, 1.54) is 0 Å². The smallest absolute Gasteiger partial charge is 0.335 e. The zero-order valence-corrected chi connectivity index (χ0v) is 29.6. The fraction of sp³-hybridized carbons (Fsp3) is 0.447. The van der Waals surface area contributed by atoms with E-state index in [4.69, 9.17) is 18.9 Å². The minimum absolute atomic E-state index is 0.122. The molecule has 2 aliphatic heterocycles. The van der Waals surface area contributed by atoms with Crippen LogP contribution in [0.2, 0.25) is 0 Å². The molecular weight excluding hydrogens is 656 g/mol. The number of carbonyl (C=O) groups is 3. The number of carbonyl (C=O) groups excluding carboxylic acids is 2. The van der Waals surface area contributed by atoms with Crippen LogP contribution in [0.25, 0.3) is 0 Å². The van der Waals surface area contributed by atoms with Crippen LogP contribution in [-0.2, 0) is 11.3 Å². The summed E-state index contributed by atoms with van der Waals surface area (Å²) in [6, 6.07) is 15.9. The first kappa shape index (κ1) is 37.4. The summed E-state index contributed by atoms with van der Waals surface area (Å²) in [4.78, 5) is 42.5. The van der Waals surface area contributed by atoms with Crippen LogP contribution in [0.1, 0.15) is 66.3 Å². The Balaban J connectivity index is 1.35. The predicted octanol–water partition coefficient (Wildman–Crippen LogP) is 5.69. The number of ether oxygens (including phenoxy) is 4. The third-order valence-corrected chi connectivity index (χ3v) is 9.08. The maximum Gasteiger partial charge on any atom is 0.335 e. The first-order valence-electron chi connectivity index (χ1n) is 17.3. The number of benzene rings is 3. The summed E-state index contributed by atoms with van der Waals surface area (Å²) in [6.45, 7) is 7.66. The SMILES string of the molecule is C[C@@H]1CCCCO[C@H](CN(C)Cc2ccc(C(=O)O)cc2)[C@@H](C)CN([C@H](C)CO)C(=O)c2cc(NC(=O)Nc3ccc4c(c3)OCO4)ccc2O1. The molecule has 3 aromatic rings. The number of hydrogen-bond acceptors (Lipinski definition) is 9. The van der Waals surface area contributed by atoms with Crippen molar-refractivity contribution in [1.82, 2.24) is 9.80 Å². The summed E-state index contributed by atoms with van der Waals surface area (Å²) in [5, 5.41) is 25.1. The Morgan fingerprint density at radius 3 is 2.35 bits per heavy atom. The molecule has 13 heteroatoms. The van der Waals surface area contributed by atoms with Gasteiger partial charge in [-0.25, -0.2) is 9.59 Å². The van der Waals surface area contributed by atoms with Crippen LogP contribution in [0.4, 0.5) is 16.2 Å². The number of carboxylic acids is 1. The number of nitrogens with one attached hydrogen (secondary N) is 2. The van der Waals surface area contributed by atoms with Crippen LogP contribution in [0, 0.1) is 5.92 Å². The lowest BCUT2D eigenvalue weighted by Crippen LogP contribution is -2.47. The van der Waals surface area contributed by atoms with E-state index in [2.05, 4.69) is 15.5 Å². The second kappa shape index (κ2) is 17.4. The van der Waals surface area contributed by atoms with Gasteiger partial charge >= 0.3 is 12.0 Å². The van der Waals surface area contributed by atoms with E-state index in [9.17, 15) is 24.6 Å². The van der Waals surface area contributed by atoms with Gasteiger partial charge in [0, 0.05) is 49.6 Å². The maximum atomic E-state index is 14.4. The molecule has 2 heterocycles. The number of aliphatic hydroxyl groups excluding tert-OH is 1. The average molecular weight is 705 g/mol. The number of likely N-dealkylation sites (N-methyl/N-ethyl adjacent to an activating group) is 1. The lowest BCUT2D eigenvalue weighted by Gasteiger charge is -2.36. The second-order valence-corrected chi connectivity index (χ2v) is 13.4. The van der Waals surface area contributed by atoms with Crippen molar-refractivity contribution in [1.29, 1.82) is 0 Å². The Morgan fingerprint density at radius 2 is 1.65 bits per heavy atom. The standard InChI is InChI=1S/C38H48N4O9/c1-24-19-42(25(2)22-43)36(44)31-17-29(39-38(47)40-30-13-15-33-34(18-30)50-23-49-33)12-14-32(31)51-26(3)7-5-6-16-48-35(24)21-41(4)20-27-8-10-28(11-9-27)37(45)46/h8-15,17-18,24-26,35,43H,5-7,16,19-23H2,1-4H3,(H,45,46)(H2,39,40,47)/t24-,25+,26+,35+/m0/s1. The largest absolute Gasteiger partial charge is 0.490 e. The second-order valence-electron chi connectivity index (χ2n) is 13.4. The predicted molar refractivity (Wildman–Crippen MR) is 192 cm³/mol. The van der Waals surface area contributed by atoms with E-state index in [-0.39, 0.29) is 48.6 Å². The van der Waals surface area contributed by atoms with Crippen LogP contribution in [0.15, 0.2) is 60.7 Å². The first-order chi connectivity index (χ1) is 24.5. The number of aromatic carboxylic acids is 1. The highest BCUT2D eigenvalue weighted by Crippen LogP contribution is 2.34. The number of aliphatic hydroxyl groups is 1. The Kier molecular flexibility index (Phi) is 12.8. The molecule has 51 heavy (non-hydrogen) atoms. The monoisotopic (exact) mass is 704 g/mol. The van der Waals surface area contributed by atoms with Gasteiger partial charge in [0.2, 0.25) is 6.79 Å². The van der Waals surface area contributed by atoms with E-state index in [0.717, 1.165) is 24.8 Å². The van der Waals surface area contributed by atoms with Crippen LogP contribution in [0.3, 0.4) is 0 Å². The normalized spacial score (nSPS) is 20.2. The minimum Gasteiger partial charge on any atom is -0.490 e. The molecule has 2 aliphatic rings. The first-order valence-corrected chi connectivity index (χ1v) is 17.3. The van der Waals surface area contributed by atoms with Crippen LogP contribution >= 0.6 is 0 Å². The number of urea groups is 1. The summed E-state index contributed by atoms with van der Waals surface area (Å²) >= 11 is 0. The Morgan fingerprint density at radius 1 is 0.961 bits per heavy atom. The summed E-state index contributed by atoms with van der Waals surface area (Å²) in [7, 11) is 1.98. The van der Waals surface area contributed by atoms with Gasteiger partial charge in [-0.15, -0.1) is 0 Å². The van der Waals surface area contributed by atoms with Crippen molar-refractivity contribution in [2.75, 3.05) is 50.8 Å². The van der Waals surface area contributed by atoms with Crippen molar-refractivity contribution in [3.8, 4) is 17.2 Å². The van der Waals surface area contributed by atoms with Gasteiger partial charge in [0.1, 0.15) is 5.75 Å². The van der Waals surface area contributed by atoms with E-state index >= 15 is 0 Å². The molecule has 0 saturated carbocycles. The summed E-state index contributed by atoms with van der Waals surface area (Å²) in [5.41, 5.74) is 2.38. The van der Waals surface area contributed by atoms with Gasteiger partial charge in [0.05, 0.1) is 36.0 Å². The minimum atomic E-state index is -0.966. The van der Waals surface area contributed by atoms with E-state index < -0.39 is 18.0 Å². The van der Waals surface area contributed by atoms with Gasteiger partial charge in [-0.2, -0.15) is 0 Å². The highest BCUT2D eigenvalue weighted by atomic mass is 16.7. The van der Waals surface area contributed by atoms with Crippen molar-refractivity contribution < 1.29 is 43.5 Å². The van der Waals surface area contributed by atoms with Crippen molar-refractivity contribution >= 4 is 29.3 Å². The van der Waals surface area contributed by atoms with Gasteiger partial charge in [-0.05, 0) is 88.2 Å². The van der Waals surface area contributed by atoms with Gasteiger partial charge in [0.25, 0.3) is 5.91 Å². The highest BCUT2D eigenvalue weighted by molar-refractivity contribution is 6.02. The molecule has 0 saturated heterocycles. The number of amides is 3. The molecule has 0 radical (unpaired) electrons.